The minimum atomic E-state index is -0.744. The highest BCUT2D eigenvalue weighted by Crippen LogP contribution is 2.09. The van der Waals surface area contributed by atoms with Gasteiger partial charge < -0.3 is 10.0 Å². The summed E-state index contributed by atoms with van der Waals surface area (Å²) in [6.07, 6.45) is 0. The van der Waals surface area contributed by atoms with Gasteiger partial charge >= 0.3 is 5.97 Å². The SMILES string of the molecule is O=C1ON=C(c2ccccc2)/C1=N/O. The van der Waals surface area contributed by atoms with Gasteiger partial charge in [0.15, 0.2) is 0 Å². The van der Waals surface area contributed by atoms with Crippen LogP contribution in [0.1, 0.15) is 5.56 Å². The highest BCUT2D eigenvalue weighted by molar-refractivity contribution is 6.70. The number of rotatable bonds is 1. The molecule has 1 heterocycles. The molecule has 70 valence electrons. The van der Waals surface area contributed by atoms with Gasteiger partial charge in [-0.15, -0.1) is 0 Å². The van der Waals surface area contributed by atoms with Crippen molar-refractivity contribution < 1.29 is 14.8 Å². The van der Waals surface area contributed by atoms with Gasteiger partial charge in [-0.2, -0.15) is 0 Å². The summed E-state index contributed by atoms with van der Waals surface area (Å²) < 4.78 is 0. The summed E-state index contributed by atoms with van der Waals surface area (Å²) in [6.45, 7) is 0. The van der Waals surface area contributed by atoms with E-state index in [0.29, 0.717) is 5.56 Å². The summed E-state index contributed by atoms with van der Waals surface area (Å²) in [6, 6.07) is 8.89. The van der Waals surface area contributed by atoms with Crippen LogP contribution < -0.4 is 0 Å². The second-order valence-corrected chi connectivity index (χ2v) is 2.63. The van der Waals surface area contributed by atoms with Gasteiger partial charge in [0, 0.05) is 5.56 Å². The van der Waals surface area contributed by atoms with Gasteiger partial charge in [0.25, 0.3) is 0 Å². The van der Waals surface area contributed by atoms with Crippen LogP contribution in [-0.4, -0.2) is 22.6 Å². The number of oxime groups is 2. The maximum absolute atomic E-state index is 11.0. The number of hydrogen-bond donors (Lipinski definition) is 1. The highest BCUT2D eigenvalue weighted by atomic mass is 16.7. The number of benzene rings is 1. The largest absolute Gasteiger partial charge is 0.410 e. The average Bonchev–Trinajstić information content (AvgIpc) is 2.61. The van der Waals surface area contributed by atoms with Crippen molar-refractivity contribution in [3.63, 3.8) is 0 Å². The number of carbonyl (C=O) groups is 1. The van der Waals surface area contributed by atoms with Crippen molar-refractivity contribution >= 4 is 17.4 Å². The molecule has 5 nitrogen and oxygen atoms in total. The molecule has 0 radical (unpaired) electrons. The summed E-state index contributed by atoms with van der Waals surface area (Å²) in [4.78, 5) is 15.3. The van der Waals surface area contributed by atoms with Crippen LogP contribution in [0.25, 0.3) is 0 Å². The molecule has 0 aliphatic carbocycles. The lowest BCUT2D eigenvalue weighted by Gasteiger charge is -1.95. The molecule has 1 aliphatic rings. The first kappa shape index (κ1) is 8.43. The molecule has 0 aromatic heterocycles. The fourth-order valence-electron chi connectivity index (χ4n) is 1.14. The first-order chi connectivity index (χ1) is 6.83. The molecule has 14 heavy (non-hydrogen) atoms. The normalized spacial score (nSPS) is 18.1. The fourth-order valence-corrected chi connectivity index (χ4v) is 1.14. The smallest absolute Gasteiger partial charge is 0.389 e. The molecule has 1 aromatic carbocycles. The van der Waals surface area contributed by atoms with Crippen LogP contribution in [0.5, 0.6) is 0 Å². The molecule has 0 atom stereocenters. The van der Waals surface area contributed by atoms with E-state index in [9.17, 15) is 4.79 Å². The van der Waals surface area contributed by atoms with E-state index >= 15 is 0 Å². The monoisotopic (exact) mass is 190 g/mol. The molecule has 0 saturated heterocycles. The van der Waals surface area contributed by atoms with Crippen molar-refractivity contribution in [2.75, 3.05) is 0 Å². The third-order valence-electron chi connectivity index (χ3n) is 1.78. The first-order valence-electron chi connectivity index (χ1n) is 3.90. The zero-order chi connectivity index (χ0) is 9.97. The van der Waals surface area contributed by atoms with Gasteiger partial charge in [0.2, 0.25) is 5.71 Å². The van der Waals surface area contributed by atoms with Crippen molar-refractivity contribution in [2.24, 2.45) is 10.3 Å². The van der Waals surface area contributed by atoms with Crippen LogP contribution >= 0.6 is 0 Å². The zero-order valence-corrected chi connectivity index (χ0v) is 7.04. The molecule has 0 spiro atoms. The highest BCUT2D eigenvalue weighted by Gasteiger charge is 2.29. The maximum atomic E-state index is 11.0. The van der Waals surface area contributed by atoms with E-state index in [1.807, 2.05) is 6.07 Å². The van der Waals surface area contributed by atoms with E-state index in [0.717, 1.165) is 0 Å². The van der Waals surface area contributed by atoms with Crippen molar-refractivity contribution in [3.8, 4) is 0 Å². The van der Waals surface area contributed by atoms with Crippen molar-refractivity contribution in [2.45, 2.75) is 0 Å². The van der Waals surface area contributed by atoms with Crippen LogP contribution in [0.3, 0.4) is 0 Å². The summed E-state index contributed by atoms with van der Waals surface area (Å²) >= 11 is 0. The maximum Gasteiger partial charge on any atom is 0.389 e. The zero-order valence-electron chi connectivity index (χ0n) is 7.04. The van der Waals surface area contributed by atoms with E-state index in [1.165, 1.54) is 0 Å². The lowest BCUT2D eigenvalue weighted by atomic mass is 10.1. The lowest BCUT2D eigenvalue weighted by molar-refractivity contribution is -0.134. The summed E-state index contributed by atoms with van der Waals surface area (Å²) in [5.74, 6) is -0.744. The van der Waals surface area contributed by atoms with E-state index in [-0.39, 0.29) is 11.4 Å². The fraction of sp³-hybridized carbons (Fsp3) is 0. The van der Waals surface area contributed by atoms with Gasteiger partial charge in [0.1, 0.15) is 5.71 Å². The van der Waals surface area contributed by atoms with Crippen LogP contribution in [0, 0.1) is 0 Å². The topological polar surface area (TPSA) is 71.2 Å². The summed E-state index contributed by atoms with van der Waals surface area (Å²) in [5, 5.41) is 14.9. The Morgan fingerprint density at radius 2 is 2.00 bits per heavy atom. The van der Waals surface area contributed by atoms with E-state index in [1.54, 1.807) is 24.3 Å². The average molecular weight is 190 g/mol. The second kappa shape index (κ2) is 3.29. The number of hydrogen-bond acceptors (Lipinski definition) is 5. The minimum Gasteiger partial charge on any atom is -0.410 e. The van der Waals surface area contributed by atoms with Gasteiger partial charge in [-0.1, -0.05) is 40.6 Å². The molecule has 0 fully saturated rings. The van der Waals surface area contributed by atoms with Gasteiger partial charge in [-0.05, 0) is 0 Å². The Kier molecular flexibility index (Phi) is 1.98. The molecule has 0 amide bonds. The van der Waals surface area contributed by atoms with Gasteiger partial charge in [-0.25, -0.2) is 4.79 Å². The van der Waals surface area contributed by atoms with Crippen LogP contribution in [-0.2, 0) is 9.63 Å². The first-order valence-corrected chi connectivity index (χ1v) is 3.90. The standard InChI is InChI=1S/C9H6N2O3/c12-9-8(10-13)7(11-14-9)6-4-2-1-3-5-6/h1-5,13H/b10-8-. The number of nitrogens with zero attached hydrogens (tertiary/aromatic N) is 2. The van der Waals surface area contributed by atoms with Gasteiger partial charge in [-0.3, -0.25) is 0 Å². The molecule has 1 N–H and O–H groups in total. The minimum absolute atomic E-state index is 0.170. The van der Waals surface area contributed by atoms with Crippen LogP contribution in [0.4, 0.5) is 0 Å². The third-order valence-corrected chi connectivity index (χ3v) is 1.78. The Hall–Kier alpha value is -2.17. The Morgan fingerprint density at radius 1 is 1.29 bits per heavy atom. The molecular formula is C9H6N2O3. The Bertz CT molecular complexity index is 423. The Morgan fingerprint density at radius 3 is 2.64 bits per heavy atom. The summed E-state index contributed by atoms with van der Waals surface area (Å²) in [7, 11) is 0. The molecule has 1 aliphatic heterocycles. The van der Waals surface area contributed by atoms with Gasteiger partial charge in [0.05, 0.1) is 0 Å². The molecular weight excluding hydrogens is 184 g/mol. The van der Waals surface area contributed by atoms with Crippen molar-refractivity contribution in [1.29, 1.82) is 0 Å². The molecule has 2 rings (SSSR count). The van der Waals surface area contributed by atoms with E-state index in [4.69, 9.17) is 5.21 Å². The molecule has 5 heteroatoms. The second-order valence-electron chi connectivity index (χ2n) is 2.63. The predicted molar refractivity (Wildman–Crippen MR) is 48.3 cm³/mol. The molecule has 0 saturated carbocycles. The lowest BCUT2D eigenvalue weighted by Crippen LogP contribution is -2.18. The summed E-state index contributed by atoms with van der Waals surface area (Å²) in [5.41, 5.74) is 0.750. The molecule has 0 unspecified atom stereocenters. The third kappa shape index (κ3) is 1.24. The molecule has 1 aromatic rings. The Labute approximate surface area is 79.3 Å². The predicted octanol–water partition coefficient (Wildman–Crippen LogP) is 0.778. The van der Waals surface area contributed by atoms with E-state index < -0.39 is 5.97 Å². The van der Waals surface area contributed by atoms with Crippen molar-refractivity contribution in [1.82, 2.24) is 0 Å². The van der Waals surface area contributed by atoms with Crippen LogP contribution in [0.15, 0.2) is 40.6 Å². The quantitative estimate of drug-likeness (QED) is 0.404. The molecule has 0 bridgehead atoms. The van der Waals surface area contributed by atoms with Crippen molar-refractivity contribution in [3.05, 3.63) is 35.9 Å². The Balaban J connectivity index is 2.42. The number of carbonyl (C=O) groups excluding carboxylic acids is 1. The van der Waals surface area contributed by atoms with E-state index in [2.05, 4.69) is 15.1 Å². The van der Waals surface area contributed by atoms with Crippen LogP contribution in [0.2, 0.25) is 0 Å².